The van der Waals surface area contributed by atoms with Gasteiger partial charge in [0.05, 0.1) is 0 Å². The summed E-state index contributed by atoms with van der Waals surface area (Å²) in [6.45, 7) is 1.45. The first kappa shape index (κ1) is 10.4. The Hall–Kier alpha value is -0.130. The van der Waals surface area contributed by atoms with Crippen LogP contribution >= 0.6 is 0 Å². The van der Waals surface area contributed by atoms with Crippen LogP contribution < -0.4 is 0 Å². The Kier molecular flexibility index (Phi) is 2.36. The summed E-state index contributed by atoms with van der Waals surface area (Å²) in [5.41, 5.74) is 0.350. The molecule has 2 aliphatic rings. The van der Waals surface area contributed by atoms with Crippen molar-refractivity contribution < 1.29 is 8.42 Å². The molecule has 1 saturated heterocycles. The van der Waals surface area contributed by atoms with Crippen LogP contribution in [0.25, 0.3) is 0 Å². The van der Waals surface area contributed by atoms with Crippen LogP contribution in [0.3, 0.4) is 0 Å². The molecule has 4 nitrogen and oxygen atoms in total. The van der Waals surface area contributed by atoms with E-state index in [2.05, 4.69) is 0 Å². The molecule has 14 heavy (non-hydrogen) atoms. The highest BCUT2D eigenvalue weighted by atomic mass is 32.2. The van der Waals surface area contributed by atoms with Crippen LogP contribution in [-0.4, -0.2) is 44.2 Å². The molecule has 1 spiro atoms. The maximum absolute atomic E-state index is 11.8. The summed E-state index contributed by atoms with van der Waals surface area (Å²) in [6, 6.07) is 0. The van der Waals surface area contributed by atoms with Crippen LogP contribution in [0.4, 0.5) is 0 Å². The average Bonchev–Trinajstić information content (AvgIpc) is 2.47. The summed E-state index contributed by atoms with van der Waals surface area (Å²) >= 11 is 0. The van der Waals surface area contributed by atoms with E-state index in [1.165, 1.54) is 23.6 Å². The van der Waals surface area contributed by atoms with Crippen LogP contribution in [0.15, 0.2) is 0 Å². The van der Waals surface area contributed by atoms with Gasteiger partial charge in [0.25, 0.3) is 10.2 Å². The molecule has 1 heterocycles. The van der Waals surface area contributed by atoms with Gasteiger partial charge >= 0.3 is 0 Å². The fourth-order valence-electron chi connectivity index (χ4n) is 2.41. The molecule has 0 unspecified atom stereocenters. The Bertz CT molecular complexity index is 320. The molecule has 0 bridgehead atoms. The van der Waals surface area contributed by atoms with Crippen molar-refractivity contribution in [2.45, 2.75) is 25.7 Å². The first-order valence-electron chi connectivity index (χ1n) is 5.14. The van der Waals surface area contributed by atoms with Crippen LogP contribution in [0, 0.1) is 5.41 Å². The highest BCUT2D eigenvalue weighted by molar-refractivity contribution is 7.86. The maximum Gasteiger partial charge on any atom is 0.281 e. The van der Waals surface area contributed by atoms with Crippen LogP contribution in [0.1, 0.15) is 25.7 Å². The zero-order valence-electron chi connectivity index (χ0n) is 8.86. The minimum absolute atomic E-state index is 0.350. The molecule has 0 amide bonds. The summed E-state index contributed by atoms with van der Waals surface area (Å²) in [7, 11) is 0.0394. The Balaban J connectivity index is 2.09. The van der Waals surface area contributed by atoms with Crippen molar-refractivity contribution in [1.29, 1.82) is 0 Å². The summed E-state index contributed by atoms with van der Waals surface area (Å²) in [4.78, 5) is 0. The normalized spacial score (nSPS) is 27.1. The van der Waals surface area contributed by atoms with Crippen molar-refractivity contribution in [3.05, 3.63) is 0 Å². The lowest BCUT2D eigenvalue weighted by molar-refractivity contribution is 0.152. The van der Waals surface area contributed by atoms with Crippen LogP contribution in [0.5, 0.6) is 0 Å². The zero-order chi connectivity index (χ0) is 10.4. The van der Waals surface area contributed by atoms with E-state index in [1.54, 1.807) is 18.4 Å². The van der Waals surface area contributed by atoms with Gasteiger partial charge in [-0.15, -0.1) is 0 Å². The van der Waals surface area contributed by atoms with E-state index in [-0.39, 0.29) is 0 Å². The second-order valence-electron chi connectivity index (χ2n) is 4.73. The van der Waals surface area contributed by atoms with Gasteiger partial charge in [-0.05, 0) is 24.7 Å². The third-order valence-electron chi connectivity index (χ3n) is 3.61. The van der Waals surface area contributed by atoms with Gasteiger partial charge in [-0.1, -0.05) is 6.42 Å². The van der Waals surface area contributed by atoms with Crippen molar-refractivity contribution in [3.63, 3.8) is 0 Å². The van der Waals surface area contributed by atoms with E-state index in [1.807, 2.05) is 0 Å². The summed E-state index contributed by atoms with van der Waals surface area (Å²) in [6.07, 6.45) is 4.76. The maximum atomic E-state index is 11.8. The van der Waals surface area contributed by atoms with Gasteiger partial charge < -0.3 is 0 Å². The van der Waals surface area contributed by atoms with E-state index in [0.717, 1.165) is 13.0 Å². The van der Waals surface area contributed by atoms with E-state index in [0.29, 0.717) is 12.0 Å². The summed E-state index contributed by atoms with van der Waals surface area (Å²) < 4.78 is 26.6. The zero-order valence-corrected chi connectivity index (χ0v) is 9.68. The summed E-state index contributed by atoms with van der Waals surface area (Å²) in [5.74, 6) is 0. The van der Waals surface area contributed by atoms with E-state index in [4.69, 9.17) is 0 Å². The monoisotopic (exact) mass is 218 g/mol. The number of nitrogens with zero attached hydrogens (tertiary/aromatic N) is 2. The molecule has 2 rings (SSSR count). The lowest BCUT2D eigenvalue weighted by Crippen LogP contribution is -2.41. The molecule has 2 fully saturated rings. The molecule has 0 atom stereocenters. The second-order valence-corrected chi connectivity index (χ2v) is 6.87. The largest absolute Gasteiger partial charge is 0.281 e. The molecular formula is C9H18N2O2S. The van der Waals surface area contributed by atoms with Crippen molar-refractivity contribution in [2.75, 3.05) is 27.2 Å². The van der Waals surface area contributed by atoms with E-state index in [9.17, 15) is 8.42 Å². The standard InChI is InChI=1S/C9H18N2O2S/c1-10(2)14(12,13)11-7-6-9(8-11)4-3-5-9/h3-8H2,1-2H3. The molecule has 0 aromatic rings. The highest BCUT2D eigenvalue weighted by Crippen LogP contribution is 2.48. The molecule has 0 aromatic carbocycles. The van der Waals surface area contributed by atoms with E-state index >= 15 is 0 Å². The molecule has 0 radical (unpaired) electrons. The fraction of sp³-hybridized carbons (Fsp3) is 1.00. The molecule has 1 aliphatic carbocycles. The van der Waals surface area contributed by atoms with Gasteiger partial charge in [-0.2, -0.15) is 17.0 Å². The van der Waals surface area contributed by atoms with Gasteiger partial charge in [-0.25, -0.2) is 0 Å². The van der Waals surface area contributed by atoms with Crippen LogP contribution in [-0.2, 0) is 10.2 Å². The molecule has 5 heteroatoms. The van der Waals surface area contributed by atoms with Gasteiger partial charge in [0.15, 0.2) is 0 Å². The van der Waals surface area contributed by atoms with Gasteiger partial charge in [-0.3, -0.25) is 0 Å². The quantitative estimate of drug-likeness (QED) is 0.683. The third kappa shape index (κ3) is 1.47. The predicted molar refractivity (Wildman–Crippen MR) is 55.1 cm³/mol. The number of rotatable bonds is 2. The predicted octanol–water partition coefficient (Wildman–Crippen LogP) is 0.669. The minimum atomic E-state index is -3.16. The van der Waals surface area contributed by atoms with E-state index < -0.39 is 10.2 Å². The molecule has 0 N–H and O–H groups in total. The molecular weight excluding hydrogens is 200 g/mol. The molecule has 0 aromatic heterocycles. The first-order chi connectivity index (χ1) is 6.46. The molecule has 1 aliphatic heterocycles. The average molecular weight is 218 g/mol. The molecule has 82 valence electrons. The first-order valence-corrected chi connectivity index (χ1v) is 6.54. The lowest BCUT2D eigenvalue weighted by Gasteiger charge is -2.38. The third-order valence-corrected chi connectivity index (χ3v) is 5.49. The highest BCUT2D eigenvalue weighted by Gasteiger charge is 2.46. The van der Waals surface area contributed by atoms with Gasteiger partial charge in [0, 0.05) is 27.2 Å². The summed E-state index contributed by atoms with van der Waals surface area (Å²) in [5, 5.41) is 0. The Labute approximate surface area is 86.1 Å². The van der Waals surface area contributed by atoms with Crippen molar-refractivity contribution in [1.82, 2.24) is 8.61 Å². The Morgan fingerprint density at radius 2 is 1.86 bits per heavy atom. The Morgan fingerprint density at radius 3 is 2.21 bits per heavy atom. The lowest BCUT2D eigenvalue weighted by atomic mass is 9.68. The topological polar surface area (TPSA) is 40.6 Å². The van der Waals surface area contributed by atoms with Crippen molar-refractivity contribution >= 4 is 10.2 Å². The fourth-order valence-corrected chi connectivity index (χ4v) is 3.63. The SMILES string of the molecule is CN(C)S(=O)(=O)N1CCC2(CCC2)C1. The van der Waals surface area contributed by atoms with Gasteiger partial charge in [0.2, 0.25) is 0 Å². The van der Waals surface area contributed by atoms with Crippen molar-refractivity contribution in [3.8, 4) is 0 Å². The van der Waals surface area contributed by atoms with Crippen molar-refractivity contribution in [2.24, 2.45) is 5.41 Å². The Morgan fingerprint density at radius 1 is 1.21 bits per heavy atom. The molecule has 1 saturated carbocycles. The van der Waals surface area contributed by atoms with Crippen LogP contribution in [0.2, 0.25) is 0 Å². The smallest absolute Gasteiger partial charge is 0.195 e. The number of hydrogen-bond donors (Lipinski definition) is 0. The minimum Gasteiger partial charge on any atom is -0.195 e. The number of hydrogen-bond acceptors (Lipinski definition) is 2. The van der Waals surface area contributed by atoms with Gasteiger partial charge in [0.1, 0.15) is 0 Å². The second kappa shape index (κ2) is 3.18.